The molecule has 0 saturated heterocycles. The number of amides is 3. The van der Waals surface area contributed by atoms with Gasteiger partial charge in [-0.05, 0) is 49.6 Å². The van der Waals surface area contributed by atoms with Crippen LogP contribution in [0.3, 0.4) is 0 Å². The molecule has 0 radical (unpaired) electrons. The Bertz CT molecular complexity index is 697. The van der Waals surface area contributed by atoms with Gasteiger partial charge in [-0.3, -0.25) is 4.79 Å². The van der Waals surface area contributed by atoms with Gasteiger partial charge in [-0.25, -0.2) is 4.79 Å². The third-order valence-electron chi connectivity index (χ3n) is 3.71. The van der Waals surface area contributed by atoms with Gasteiger partial charge in [-0.2, -0.15) is 0 Å². The Labute approximate surface area is 148 Å². The minimum Gasteiger partial charge on any atom is -0.336 e. The lowest BCUT2D eigenvalue weighted by Gasteiger charge is -2.13. The monoisotopic (exact) mass is 339 g/mol. The van der Waals surface area contributed by atoms with E-state index in [9.17, 15) is 9.59 Å². The number of benzene rings is 2. The van der Waals surface area contributed by atoms with Crippen molar-refractivity contribution in [3.05, 3.63) is 60.2 Å². The lowest BCUT2D eigenvalue weighted by molar-refractivity contribution is -0.116. The predicted octanol–water partition coefficient (Wildman–Crippen LogP) is 4.35. The Morgan fingerprint density at radius 2 is 1.40 bits per heavy atom. The molecule has 0 aromatic heterocycles. The van der Waals surface area contributed by atoms with Crippen LogP contribution in [0.4, 0.5) is 16.2 Å². The maximum Gasteiger partial charge on any atom is 0.319 e. The Morgan fingerprint density at radius 3 is 1.96 bits per heavy atom. The normalized spacial score (nSPS) is 11.7. The first-order valence-electron chi connectivity index (χ1n) is 8.46. The topological polar surface area (TPSA) is 70.2 Å². The molecule has 1 unspecified atom stereocenters. The number of anilines is 2. The summed E-state index contributed by atoms with van der Waals surface area (Å²) in [4.78, 5) is 23.8. The summed E-state index contributed by atoms with van der Waals surface area (Å²) in [5, 5.41) is 8.39. The first-order valence-corrected chi connectivity index (χ1v) is 8.46. The highest BCUT2D eigenvalue weighted by molar-refractivity contribution is 5.92. The van der Waals surface area contributed by atoms with E-state index in [-0.39, 0.29) is 23.9 Å². The van der Waals surface area contributed by atoms with Crippen molar-refractivity contribution in [3.63, 3.8) is 0 Å². The van der Waals surface area contributed by atoms with Crippen molar-refractivity contribution in [3.8, 4) is 0 Å². The third kappa shape index (κ3) is 6.30. The van der Waals surface area contributed by atoms with Crippen molar-refractivity contribution >= 4 is 23.3 Å². The molecule has 5 nitrogen and oxygen atoms in total. The molecule has 25 heavy (non-hydrogen) atoms. The van der Waals surface area contributed by atoms with Gasteiger partial charge in [0.05, 0.1) is 0 Å². The minimum absolute atomic E-state index is 0.0328. The van der Waals surface area contributed by atoms with Crippen LogP contribution >= 0.6 is 0 Å². The van der Waals surface area contributed by atoms with E-state index >= 15 is 0 Å². The van der Waals surface area contributed by atoms with Gasteiger partial charge in [-0.1, -0.05) is 37.3 Å². The molecule has 0 heterocycles. The fourth-order valence-electron chi connectivity index (χ4n) is 2.46. The van der Waals surface area contributed by atoms with E-state index in [1.807, 2.05) is 51.1 Å². The Balaban J connectivity index is 1.86. The average Bonchev–Trinajstić information content (AvgIpc) is 2.56. The molecule has 0 bridgehead atoms. The molecule has 0 saturated carbocycles. The number of hydrogen-bond acceptors (Lipinski definition) is 2. The molecule has 2 rings (SSSR count). The number of carbonyl (C=O) groups excluding carboxylic acids is 2. The van der Waals surface area contributed by atoms with Gasteiger partial charge in [0, 0.05) is 23.8 Å². The predicted molar refractivity (Wildman–Crippen MR) is 102 cm³/mol. The van der Waals surface area contributed by atoms with E-state index in [1.54, 1.807) is 24.3 Å². The fraction of sp³-hybridized carbons (Fsp3) is 0.300. The molecule has 2 aromatic carbocycles. The van der Waals surface area contributed by atoms with E-state index in [0.717, 1.165) is 5.56 Å². The van der Waals surface area contributed by atoms with Gasteiger partial charge in [0.25, 0.3) is 0 Å². The van der Waals surface area contributed by atoms with Crippen LogP contribution in [-0.4, -0.2) is 18.0 Å². The third-order valence-corrected chi connectivity index (χ3v) is 3.71. The zero-order valence-electron chi connectivity index (χ0n) is 14.9. The molecule has 132 valence electrons. The van der Waals surface area contributed by atoms with Gasteiger partial charge in [0.1, 0.15) is 0 Å². The van der Waals surface area contributed by atoms with Crippen LogP contribution in [0.15, 0.2) is 54.6 Å². The molecule has 2 aromatic rings. The van der Waals surface area contributed by atoms with Crippen molar-refractivity contribution in [2.75, 3.05) is 10.6 Å². The second-order valence-electron chi connectivity index (χ2n) is 6.39. The first-order chi connectivity index (χ1) is 11.9. The fourth-order valence-corrected chi connectivity index (χ4v) is 2.46. The molecule has 3 N–H and O–H groups in total. The van der Waals surface area contributed by atoms with E-state index < -0.39 is 0 Å². The number of nitrogens with one attached hydrogen (secondary N) is 3. The van der Waals surface area contributed by atoms with Gasteiger partial charge < -0.3 is 16.0 Å². The SMILES string of the molecule is CC(C)NC(=O)Nc1ccc(NC(=O)CC(C)c2ccccc2)cc1. The molecular formula is C20H25N3O2. The average molecular weight is 339 g/mol. The molecule has 0 fully saturated rings. The zero-order valence-corrected chi connectivity index (χ0v) is 14.9. The molecule has 1 atom stereocenters. The van der Waals surface area contributed by atoms with Crippen molar-refractivity contribution in [2.24, 2.45) is 0 Å². The van der Waals surface area contributed by atoms with Crippen LogP contribution in [0.2, 0.25) is 0 Å². The summed E-state index contributed by atoms with van der Waals surface area (Å²) in [7, 11) is 0. The molecule has 0 aliphatic carbocycles. The quantitative estimate of drug-likeness (QED) is 0.732. The molecule has 0 spiro atoms. The Morgan fingerprint density at radius 1 is 0.840 bits per heavy atom. The number of hydrogen-bond donors (Lipinski definition) is 3. The van der Waals surface area contributed by atoms with Gasteiger partial charge in [0.15, 0.2) is 0 Å². The number of rotatable bonds is 6. The van der Waals surface area contributed by atoms with Gasteiger partial charge in [0.2, 0.25) is 5.91 Å². The van der Waals surface area contributed by atoms with Gasteiger partial charge >= 0.3 is 6.03 Å². The molecular weight excluding hydrogens is 314 g/mol. The summed E-state index contributed by atoms with van der Waals surface area (Å²) in [6.45, 7) is 5.83. The van der Waals surface area contributed by atoms with Crippen molar-refractivity contribution in [1.29, 1.82) is 0 Å². The van der Waals surface area contributed by atoms with Crippen LogP contribution in [0.5, 0.6) is 0 Å². The molecule has 0 aliphatic heterocycles. The Hall–Kier alpha value is -2.82. The van der Waals surface area contributed by atoms with Gasteiger partial charge in [-0.15, -0.1) is 0 Å². The molecule has 5 heteroatoms. The van der Waals surface area contributed by atoms with Crippen molar-refractivity contribution in [2.45, 2.75) is 39.2 Å². The summed E-state index contributed by atoms with van der Waals surface area (Å²) in [5.41, 5.74) is 2.53. The standard InChI is InChI=1S/C20H25N3O2/c1-14(2)21-20(25)23-18-11-9-17(10-12-18)22-19(24)13-15(3)16-7-5-4-6-8-16/h4-12,14-15H,13H2,1-3H3,(H,22,24)(H2,21,23,25). The summed E-state index contributed by atoms with van der Waals surface area (Å²) < 4.78 is 0. The summed E-state index contributed by atoms with van der Waals surface area (Å²) >= 11 is 0. The van der Waals surface area contributed by atoms with E-state index in [1.165, 1.54) is 0 Å². The first kappa shape index (κ1) is 18.5. The number of urea groups is 1. The Kier molecular flexibility index (Phi) is 6.57. The maximum atomic E-state index is 12.2. The lowest BCUT2D eigenvalue weighted by Crippen LogP contribution is -2.34. The smallest absolute Gasteiger partial charge is 0.319 e. The van der Waals surface area contributed by atoms with Crippen molar-refractivity contribution in [1.82, 2.24) is 5.32 Å². The summed E-state index contributed by atoms with van der Waals surface area (Å²) in [6.07, 6.45) is 0.417. The van der Waals surface area contributed by atoms with E-state index in [4.69, 9.17) is 0 Å². The van der Waals surface area contributed by atoms with Crippen LogP contribution in [0.25, 0.3) is 0 Å². The second-order valence-corrected chi connectivity index (χ2v) is 6.39. The lowest BCUT2D eigenvalue weighted by atomic mass is 9.97. The maximum absolute atomic E-state index is 12.2. The zero-order chi connectivity index (χ0) is 18.2. The number of carbonyl (C=O) groups is 2. The van der Waals surface area contributed by atoms with Crippen molar-refractivity contribution < 1.29 is 9.59 Å². The minimum atomic E-state index is -0.247. The summed E-state index contributed by atoms with van der Waals surface area (Å²) in [6, 6.07) is 16.9. The molecule has 3 amide bonds. The highest BCUT2D eigenvalue weighted by Crippen LogP contribution is 2.20. The van der Waals surface area contributed by atoms with Crippen LogP contribution in [0.1, 0.15) is 38.7 Å². The highest BCUT2D eigenvalue weighted by Gasteiger charge is 2.11. The van der Waals surface area contributed by atoms with E-state index in [0.29, 0.717) is 17.8 Å². The second kappa shape index (κ2) is 8.87. The highest BCUT2D eigenvalue weighted by atomic mass is 16.2. The van der Waals surface area contributed by atoms with Crippen LogP contribution < -0.4 is 16.0 Å². The largest absolute Gasteiger partial charge is 0.336 e. The van der Waals surface area contributed by atoms with E-state index in [2.05, 4.69) is 16.0 Å². The van der Waals surface area contributed by atoms with Crippen LogP contribution in [0, 0.1) is 0 Å². The molecule has 0 aliphatic rings. The van der Waals surface area contributed by atoms with Crippen LogP contribution in [-0.2, 0) is 4.79 Å². The summed E-state index contributed by atoms with van der Waals surface area (Å²) in [5.74, 6) is 0.122.